The van der Waals surface area contributed by atoms with Gasteiger partial charge in [0.1, 0.15) is 5.75 Å². The average molecular weight is 417 g/mol. The number of benzene rings is 2. The Hall–Kier alpha value is -3.04. The third kappa shape index (κ3) is 6.60. The van der Waals surface area contributed by atoms with Crippen LogP contribution in [0.2, 0.25) is 0 Å². The van der Waals surface area contributed by atoms with Crippen molar-refractivity contribution in [2.24, 2.45) is 0 Å². The van der Waals surface area contributed by atoms with E-state index in [0.29, 0.717) is 29.1 Å². The van der Waals surface area contributed by atoms with Crippen LogP contribution in [0.4, 0.5) is 11.4 Å². The van der Waals surface area contributed by atoms with Crippen LogP contribution in [0.25, 0.3) is 0 Å². The lowest BCUT2D eigenvalue weighted by Crippen LogP contribution is -2.34. The van der Waals surface area contributed by atoms with Crippen molar-refractivity contribution < 1.29 is 14.3 Å². The molecular formula is C19H20N4O3S2. The molecule has 2 aromatic carbocycles. The van der Waals surface area contributed by atoms with Gasteiger partial charge in [0.05, 0.1) is 7.11 Å². The molecule has 2 aromatic rings. The van der Waals surface area contributed by atoms with Gasteiger partial charge in [-0.05, 0) is 66.9 Å². The maximum absolute atomic E-state index is 12.2. The molecule has 0 aliphatic rings. The number of thiocarbonyl (C=S) groups is 2. The first kappa shape index (κ1) is 21.3. The second-order valence-corrected chi connectivity index (χ2v) is 6.39. The highest BCUT2D eigenvalue weighted by Gasteiger charge is 2.09. The zero-order chi connectivity index (χ0) is 20.5. The van der Waals surface area contributed by atoms with Gasteiger partial charge in [-0.15, -0.1) is 0 Å². The molecule has 7 nitrogen and oxygen atoms in total. The van der Waals surface area contributed by atoms with Crippen molar-refractivity contribution in [2.75, 3.05) is 17.7 Å². The predicted octanol–water partition coefficient (Wildman–Crippen LogP) is 3.05. The molecule has 0 fully saturated rings. The van der Waals surface area contributed by atoms with Crippen molar-refractivity contribution in [3.05, 3.63) is 54.1 Å². The molecule has 4 N–H and O–H groups in total. The smallest absolute Gasteiger partial charge is 0.257 e. The summed E-state index contributed by atoms with van der Waals surface area (Å²) in [7, 11) is 1.53. The van der Waals surface area contributed by atoms with E-state index >= 15 is 0 Å². The van der Waals surface area contributed by atoms with Gasteiger partial charge in [-0.3, -0.25) is 14.9 Å². The summed E-state index contributed by atoms with van der Waals surface area (Å²) in [6.07, 6.45) is 0.351. The van der Waals surface area contributed by atoms with Gasteiger partial charge in [-0.25, -0.2) is 0 Å². The van der Waals surface area contributed by atoms with Crippen LogP contribution in [0.5, 0.6) is 5.75 Å². The van der Waals surface area contributed by atoms with Crippen molar-refractivity contribution >= 4 is 57.8 Å². The topological polar surface area (TPSA) is 91.5 Å². The quantitative estimate of drug-likeness (QED) is 0.557. The Morgan fingerprint density at radius 2 is 1.50 bits per heavy atom. The number of hydrogen-bond acceptors (Lipinski definition) is 5. The molecule has 2 amide bonds. The van der Waals surface area contributed by atoms with Crippen LogP contribution in [0.15, 0.2) is 48.5 Å². The van der Waals surface area contributed by atoms with E-state index < -0.39 is 0 Å². The molecule has 0 aliphatic heterocycles. The van der Waals surface area contributed by atoms with E-state index in [4.69, 9.17) is 29.2 Å². The van der Waals surface area contributed by atoms with Crippen molar-refractivity contribution in [3.63, 3.8) is 0 Å². The number of anilines is 2. The third-order valence-electron chi connectivity index (χ3n) is 3.53. The largest absolute Gasteiger partial charge is 0.497 e. The maximum Gasteiger partial charge on any atom is 0.257 e. The zero-order valence-corrected chi connectivity index (χ0v) is 17.0. The average Bonchev–Trinajstić information content (AvgIpc) is 2.69. The van der Waals surface area contributed by atoms with E-state index in [9.17, 15) is 9.59 Å². The lowest BCUT2D eigenvalue weighted by atomic mass is 10.2. The number of carbonyl (C=O) groups excluding carboxylic acids is 2. The number of methoxy groups -OCH3 is 1. The van der Waals surface area contributed by atoms with Crippen molar-refractivity contribution in [3.8, 4) is 5.75 Å². The fourth-order valence-corrected chi connectivity index (χ4v) is 2.56. The second-order valence-electron chi connectivity index (χ2n) is 5.57. The van der Waals surface area contributed by atoms with Crippen LogP contribution < -0.4 is 26.0 Å². The molecule has 2 rings (SSSR count). The van der Waals surface area contributed by atoms with E-state index in [0.717, 1.165) is 0 Å². The minimum Gasteiger partial charge on any atom is -0.497 e. The summed E-state index contributed by atoms with van der Waals surface area (Å²) in [5, 5.41) is 11.4. The van der Waals surface area contributed by atoms with E-state index in [2.05, 4.69) is 21.3 Å². The number of amides is 2. The number of rotatable bonds is 5. The Bertz CT molecular complexity index is 885. The first-order valence-electron chi connectivity index (χ1n) is 8.38. The number of nitrogens with one attached hydrogen (secondary N) is 4. The Morgan fingerprint density at radius 3 is 2.04 bits per heavy atom. The van der Waals surface area contributed by atoms with Gasteiger partial charge in [-0.1, -0.05) is 13.0 Å². The summed E-state index contributed by atoms with van der Waals surface area (Å²) in [6.45, 7) is 1.74. The highest BCUT2D eigenvalue weighted by atomic mass is 32.1. The molecule has 146 valence electrons. The third-order valence-corrected chi connectivity index (χ3v) is 3.94. The van der Waals surface area contributed by atoms with Crippen LogP contribution in [-0.4, -0.2) is 29.1 Å². The Labute approximate surface area is 173 Å². The van der Waals surface area contributed by atoms with E-state index in [1.165, 1.54) is 7.11 Å². The molecule has 9 heteroatoms. The van der Waals surface area contributed by atoms with Gasteiger partial charge in [-0.2, -0.15) is 0 Å². The monoisotopic (exact) mass is 416 g/mol. The van der Waals surface area contributed by atoms with Crippen LogP contribution >= 0.6 is 24.4 Å². The molecule has 0 aliphatic carbocycles. The number of ether oxygens (including phenoxy) is 1. The molecular weight excluding hydrogens is 396 g/mol. The highest BCUT2D eigenvalue weighted by molar-refractivity contribution is 7.80. The molecule has 0 heterocycles. The molecule has 0 atom stereocenters. The van der Waals surface area contributed by atoms with E-state index in [1.54, 1.807) is 55.5 Å². The Morgan fingerprint density at radius 1 is 0.929 bits per heavy atom. The fraction of sp³-hybridized carbons (Fsp3) is 0.158. The van der Waals surface area contributed by atoms with Crippen molar-refractivity contribution in [1.29, 1.82) is 0 Å². The SMILES string of the molecule is CCC(=O)NC(=S)Nc1ccc(NC(=S)NC(=O)c2cccc(OC)c2)cc1. The Balaban J connectivity index is 1.89. The van der Waals surface area contributed by atoms with Gasteiger partial charge in [0, 0.05) is 23.4 Å². The van der Waals surface area contributed by atoms with E-state index in [-0.39, 0.29) is 22.0 Å². The van der Waals surface area contributed by atoms with Crippen LogP contribution in [0.1, 0.15) is 23.7 Å². The first-order chi connectivity index (χ1) is 13.4. The van der Waals surface area contributed by atoms with Gasteiger partial charge in [0.2, 0.25) is 5.91 Å². The minimum atomic E-state index is -0.341. The van der Waals surface area contributed by atoms with Crippen molar-refractivity contribution in [1.82, 2.24) is 10.6 Å². The number of hydrogen-bond donors (Lipinski definition) is 4. The molecule has 0 unspecified atom stereocenters. The molecule has 28 heavy (non-hydrogen) atoms. The van der Waals surface area contributed by atoms with Crippen LogP contribution in [0, 0.1) is 0 Å². The summed E-state index contributed by atoms with van der Waals surface area (Å²) in [4.78, 5) is 23.6. The van der Waals surface area contributed by atoms with Gasteiger partial charge >= 0.3 is 0 Å². The lowest BCUT2D eigenvalue weighted by molar-refractivity contribution is -0.119. The van der Waals surface area contributed by atoms with E-state index in [1.807, 2.05) is 0 Å². The van der Waals surface area contributed by atoms with Gasteiger partial charge in [0.25, 0.3) is 5.91 Å². The summed E-state index contributed by atoms with van der Waals surface area (Å²) in [5.41, 5.74) is 1.83. The number of carbonyl (C=O) groups is 2. The normalized spacial score (nSPS) is 9.79. The standard InChI is InChI=1S/C19H20N4O3S2/c1-3-16(24)22-18(27)20-13-7-9-14(10-8-13)21-19(28)23-17(25)12-5-4-6-15(11-12)26-2/h4-11H,3H2,1-2H3,(H2,20,22,24,27)(H2,21,23,25,28). The maximum atomic E-state index is 12.2. The van der Waals surface area contributed by atoms with Gasteiger partial charge < -0.3 is 20.7 Å². The van der Waals surface area contributed by atoms with Gasteiger partial charge in [0.15, 0.2) is 10.2 Å². The zero-order valence-electron chi connectivity index (χ0n) is 15.4. The summed E-state index contributed by atoms with van der Waals surface area (Å²) < 4.78 is 5.11. The molecule has 0 spiro atoms. The first-order valence-corrected chi connectivity index (χ1v) is 9.20. The minimum absolute atomic E-state index is 0.159. The van der Waals surface area contributed by atoms with Crippen LogP contribution in [0.3, 0.4) is 0 Å². The highest BCUT2D eigenvalue weighted by Crippen LogP contribution is 2.14. The molecule has 0 saturated heterocycles. The van der Waals surface area contributed by atoms with Crippen LogP contribution in [-0.2, 0) is 4.79 Å². The Kier molecular flexibility index (Phi) is 7.85. The van der Waals surface area contributed by atoms with Crippen molar-refractivity contribution in [2.45, 2.75) is 13.3 Å². The predicted molar refractivity (Wildman–Crippen MR) is 118 cm³/mol. The molecule has 0 bridgehead atoms. The summed E-state index contributed by atoms with van der Waals surface area (Å²) in [6, 6.07) is 13.8. The molecule has 0 radical (unpaired) electrons. The lowest BCUT2D eigenvalue weighted by Gasteiger charge is -2.12. The summed E-state index contributed by atoms with van der Waals surface area (Å²) >= 11 is 10.2. The molecule has 0 saturated carbocycles. The fourth-order valence-electron chi connectivity index (χ4n) is 2.12. The molecule has 0 aromatic heterocycles. The second kappa shape index (κ2) is 10.3. The summed E-state index contributed by atoms with van der Waals surface area (Å²) in [5.74, 6) is 0.0854.